The molecule has 5 nitrogen and oxygen atoms in total. The van der Waals surface area contributed by atoms with E-state index >= 15 is 0 Å². The molecule has 22 heavy (non-hydrogen) atoms. The largest absolute Gasteiger partial charge is 0.379 e. The fraction of sp³-hybridized carbons (Fsp3) is 0.647. The SMILES string of the molecule is CCN1CCOCC2(CCCN(C(=O)c3cccnc3)C2)C1. The van der Waals surface area contributed by atoms with E-state index in [0.29, 0.717) is 5.56 Å². The van der Waals surface area contributed by atoms with Crippen LogP contribution >= 0.6 is 0 Å². The Bertz CT molecular complexity index is 508. The first-order chi connectivity index (χ1) is 10.7. The normalized spacial score (nSPS) is 26.9. The van der Waals surface area contributed by atoms with Gasteiger partial charge in [0.2, 0.25) is 0 Å². The lowest BCUT2D eigenvalue weighted by atomic mass is 9.80. The first-order valence-corrected chi connectivity index (χ1v) is 8.22. The average Bonchev–Trinajstić information content (AvgIpc) is 2.77. The Morgan fingerprint density at radius 1 is 1.41 bits per heavy atom. The second-order valence-electron chi connectivity index (χ2n) is 6.49. The molecule has 2 aliphatic rings. The Morgan fingerprint density at radius 2 is 2.32 bits per heavy atom. The van der Waals surface area contributed by atoms with Crippen LogP contribution in [0.25, 0.3) is 0 Å². The zero-order valence-electron chi connectivity index (χ0n) is 13.3. The molecule has 2 aliphatic heterocycles. The van der Waals surface area contributed by atoms with Crippen molar-refractivity contribution in [3.05, 3.63) is 30.1 Å². The lowest BCUT2D eigenvalue weighted by Crippen LogP contribution is -2.52. The maximum absolute atomic E-state index is 12.7. The first kappa shape index (κ1) is 15.4. The summed E-state index contributed by atoms with van der Waals surface area (Å²) in [6.07, 6.45) is 5.55. The summed E-state index contributed by atoms with van der Waals surface area (Å²) >= 11 is 0. The van der Waals surface area contributed by atoms with Gasteiger partial charge in [-0.15, -0.1) is 0 Å². The zero-order chi connectivity index (χ0) is 15.4. The van der Waals surface area contributed by atoms with Crippen LogP contribution < -0.4 is 0 Å². The number of carbonyl (C=O) groups excluding carboxylic acids is 1. The first-order valence-electron chi connectivity index (χ1n) is 8.22. The predicted octanol–water partition coefficient (Wildman–Crippen LogP) is 1.66. The number of likely N-dealkylation sites (N-methyl/N-ethyl adjacent to an activating group) is 1. The van der Waals surface area contributed by atoms with Gasteiger partial charge < -0.3 is 14.5 Å². The number of ether oxygens (including phenoxy) is 1. The number of nitrogens with zero attached hydrogens (tertiary/aromatic N) is 3. The number of hydrogen-bond donors (Lipinski definition) is 0. The molecule has 0 bridgehead atoms. The van der Waals surface area contributed by atoms with Gasteiger partial charge in [-0.05, 0) is 31.5 Å². The number of amides is 1. The third-order valence-corrected chi connectivity index (χ3v) is 4.82. The maximum atomic E-state index is 12.7. The molecule has 1 amide bonds. The van der Waals surface area contributed by atoms with Gasteiger partial charge in [-0.1, -0.05) is 6.92 Å². The molecule has 3 rings (SSSR count). The fourth-order valence-electron chi connectivity index (χ4n) is 3.65. The number of pyridine rings is 1. The van der Waals surface area contributed by atoms with Crippen molar-refractivity contribution in [2.75, 3.05) is 45.9 Å². The van der Waals surface area contributed by atoms with E-state index < -0.39 is 0 Å². The summed E-state index contributed by atoms with van der Waals surface area (Å²) in [4.78, 5) is 21.2. The molecule has 0 aliphatic carbocycles. The minimum absolute atomic E-state index is 0.0859. The molecule has 0 radical (unpaired) electrons. The lowest BCUT2D eigenvalue weighted by molar-refractivity contribution is 0.00765. The van der Waals surface area contributed by atoms with Crippen LogP contribution in [0.4, 0.5) is 0 Å². The predicted molar refractivity (Wildman–Crippen MR) is 84.7 cm³/mol. The topological polar surface area (TPSA) is 45.7 Å². The standard InChI is InChI=1S/C17H25N3O2/c1-2-19-9-10-22-14-17(12-19)6-4-8-20(13-17)16(21)15-5-3-7-18-11-15/h3,5,7,11H,2,4,6,8-10,12-14H2,1H3. The number of likely N-dealkylation sites (tertiary alicyclic amines) is 1. The van der Waals surface area contributed by atoms with Crippen molar-refractivity contribution in [1.82, 2.24) is 14.8 Å². The van der Waals surface area contributed by atoms with Crippen LogP contribution in [0.3, 0.4) is 0 Å². The van der Waals surface area contributed by atoms with Crippen LogP contribution in [0.15, 0.2) is 24.5 Å². The van der Waals surface area contributed by atoms with Crippen molar-refractivity contribution in [1.29, 1.82) is 0 Å². The van der Waals surface area contributed by atoms with E-state index in [0.717, 1.165) is 58.8 Å². The van der Waals surface area contributed by atoms with Crippen molar-refractivity contribution in [3.8, 4) is 0 Å². The molecule has 1 aromatic rings. The van der Waals surface area contributed by atoms with E-state index in [9.17, 15) is 4.79 Å². The van der Waals surface area contributed by atoms with Gasteiger partial charge in [-0.25, -0.2) is 0 Å². The summed E-state index contributed by atoms with van der Waals surface area (Å²) in [6.45, 7) is 8.45. The molecule has 0 aromatic carbocycles. The molecule has 120 valence electrons. The summed E-state index contributed by atoms with van der Waals surface area (Å²) in [5.74, 6) is 0.0967. The van der Waals surface area contributed by atoms with E-state index in [4.69, 9.17) is 4.74 Å². The molecule has 2 fully saturated rings. The van der Waals surface area contributed by atoms with E-state index in [-0.39, 0.29) is 11.3 Å². The highest BCUT2D eigenvalue weighted by molar-refractivity contribution is 5.93. The quantitative estimate of drug-likeness (QED) is 0.833. The number of piperidine rings is 1. The molecular weight excluding hydrogens is 278 g/mol. The molecule has 1 aromatic heterocycles. The summed E-state index contributed by atoms with van der Waals surface area (Å²) < 4.78 is 5.86. The number of aromatic nitrogens is 1. The molecule has 1 atom stereocenters. The summed E-state index contributed by atoms with van der Waals surface area (Å²) in [6, 6.07) is 3.67. The van der Waals surface area contributed by atoms with Gasteiger partial charge in [0.05, 0.1) is 18.8 Å². The number of hydrogen-bond acceptors (Lipinski definition) is 4. The minimum atomic E-state index is 0.0859. The third-order valence-electron chi connectivity index (χ3n) is 4.82. The highest BCUT2D eigenvalue weighted by Gasteiger charge is 2.40. The molecule has 5 heteroatoms. The second-order valence-corrected chi connectivity index (χ2v) is 6.49. The van der Waals surface area contributed by atoms with E-state index in [2.05, 4.69) is 16.8 Å². The van der Waals surface area contributed by atoms with Gasteiger partial charge in [-0.3, -0.25) is 9.78 Å². The van der Waals surface area contributed by atoms with Gasteiger partial charge in [0, 0.05) is 44.0 Å². The summed E-state index contributed by atoms with van der Waals surface area (Å²) in [7, 11) is 0. The Morgan fingerprint density at radius 3 is 3.09 bits per heavy atom. The smallest absolute Gasteiger partial charge is 0.255 e. The lowest BCUT2D eigenvalue weighted by Gasteiger charge is -2.43. The Kier molecular flexibility index (Phi) is 4.74. The molecule has 0 saturated carbocycles. The molecule has 2 saturated heterocycles. The highest BCUT2D eigenvalue weighted by Crippen LogP contribution is 2.33. The molecule has 3 heterocycles. The fourth-order valence-corrected chi connectivity index (χ4v) is 3.65. The van der Waals surface area contributed by atoms with Crippen molar-refractivity contribution in [3.63, 3.8) is 0 Å². The average molecular weight is 303 g/mol. The summed E-state index contributed by atoms with van der Waals surface area (Å²) in [5.41, 5.74) is 0.768. The third kappa shape index (κ3) is 3.31. The van der Waals surface area contributed by atoms with Crippen molar-refractivity contribution < 1.29 is 9.53 Å². The molecule has 0 N–H and O–H groups in total. The Balaban J connectivity index is 1.74. The van der Waals surface area contributed by atoms with Crippen LogP contribution in [0.5, 0.6) is 0 Å². The monoisotopic (exact) mass is 303 g/mol. The molecular formula is C17H25N3O2. The van der Waals surface area contributed by atoms with Crippen LogP contribution in [0.1, 0.15) is 30.1 Å². The molecule has 1 spiro atoms. The van der Waals surface area contributed by atoms with E-state index in [1.54, 1.807) is 12.4 Å². The summed E-state index contributed by atoms with van der Waals surface area (Å²) in [5, 5.41) is 0. The molecule has 1 unspecified atom stereocenters. The van der Waals surface area contributed by atoms with Crippen LogP contribution in [0, 0.1) is 5.41 Å². The Labute approximate surface area is 132 Å². The van der Waals surface area contributed by atoms with E-state index in [1.807, 2.05) is 17.0 Å². The zero-order valence-corrected chi connectivity index (χ0v) is 13.3. The van der Waals surface area contributed by atoms with Gasteiger partial charge in [0.25, 0.3) is 5.91 Å². The van der Waals surface area contributed by atoms with Crippen molar-refractivity contribution in [2.45, 2.75) is 19.8 Å². The van der Waals surface area contributed by atoms with E-state index in [1.165, 1.54) is 0 Å². The second kappa shape index (κ2) is 6.75. The van der Waals surface area contributed by atoms with Crippen LogP contribution in [0.2, 0.25) is 0 Å². The number of rotatable bonds is 2. The van der Waals surface area contributed by atoms with Gasteiger partial charge in [0.15, 0.2) is 0 Å². The Hall–Kier alpha value is -1.46. The van der Waals surface area contributed by atoms with Gasteiger partial charge in [0.1, 0.15) is 0 Å². The van der Waals surface area contributed by atoms with Gasteiger partial charge >= 0.3 is 0 Å². The highest BCUT2D eigenvalue weighted by atomic mass is 16.5. The van der Waals surface area contributed by atoms with Gasteiger partial charge in [-0.2, -0.15) is 0 Å². The van der Waals surface area contributed by atoms with Crippen molar-refractivity contribution in [2.24, 2.45) is 5.41 Å². The van der Waals surface area contributed by atoms with Crippen molar-refractivity contribution >= 4 is 5.91 Å². The minimum Gasteiger partial charge on any atom is -0.379 e. The van der Waals surface area contributed by atoms with Crippen LogP contribution in [-0.2, 0) is 4.74 Å². The number of carbonyl (C=O) groups is 1. The van der Waals surface area contributed by atoms with Crippen LogP contribution in [-0.4, -0.2) is 66.6 Å². The maximum Gasteiger partial charge on any atom is 0.255 e.